The van der Waals surface area contributed by atoms with E-state index in [1.54, 1.807) is 12.3 Å². The van der Waals surface area contributed by atoms with Gasteiger partial charge in [-0.25, -0.2) is 13.8 Å². The fourth-order valence-corrected chi connectivity index (χ4v) is 4.28. The lowest BCUT2D eigenvalue weighted by molar-refractivity contribution is 0.263. The lowest BCUT2D eigenvalue weighted by Gasteiger charge is -2.24. The summed E-state index contributed by atoms with van der Waals surface area (Å²) in [6.45, 7) is 4.50. The number of nitrogen functional groups attached to an aromatic ring is 1. The first-order chi connectivity index (χ1) is 16.0. The van der Waals surface area contributed by atoms with Crippen molar-refractivity contribution in [1.29, 1.82) is 0 Å². The predicted molar refractivity (Wildman–Crippen MR) is 121 cm³/mol. The molecule has 1 saturated heterocycles. The van der Waals surface area contributed by atoms with Gasteiger partial charge >= 0.3 is 0 Å². The standard InChI is InChI=1S/C24H23F2N7/c1-15(32-11-2-3-12-32)16-7-9-17(10-8-16)18-13-19(23(27)28-14-18)24-29-30-31-33(24)21-6-4-5-20(25)22(21)26/h4-10,13-15H,2-3,11-12H2,1H3,(H2,27,28). The molecule has 1 atom stereocenters. The molecule has 2 aromatic carbocycles. The van der Waals surface area contributed by atoms with Crippen molar-refractivity contribution in [3.05, 3.63) is 71.9 Å². The summed E-state index contributed by atoms with van der Waals surface area (Å²) < 4.78 is 29.3. The quantitative estimate of drug-likeness (QED) is 0.488. The molecule has 0 radical (unpaired) electrons. The Morgan fingerprint density at radius 3 is 2.52 bits per heavy atom. The molecule has 33 heavy (non-hydrogen) atoms. The van der Waals surface area contributed by atoms with Crippen LogP contribution >= 0.6 is 0 Å². The monoisotopic (exact) mass is 447 g/mol. The molecule has 2 aromatic heterocycles. The molecule has 4 aromatic rings. The molecule has 0 spiro atoms. The Kier molecular flexibility index (Phi) is 5.55. The van der Waals surface area contributed by atoms with Gasteiger partial charge in [0.1, 0.15) is 11.5 Å². The summed E-state index contributed by atoms with van der Waals surface area (Å²) in [6, 6.07) is 14.3. The van der Waals surface area contributed by atoms with Crippen molar-refractivity contribution in [1.82, 2.24) is 30.1 Å². The van der Waals surface area contributed by atoms with Crippen LogP contribution in [0.3, 0.4) is 0 Å². The van der Waals surface area contributed by atoms with Gasteiger partial charge in [0, 0.05) is 17.8 Å². The molecule has 0 bridgehead atoms. The highest BCUT2D eigenvalue weighted by molar-refractivity contribution is 5.76. The Labute approximate surface area is 189 Å². The first kappa shape index (κ1) is 21.1. The average Bonchev–Trinajstić information content (AvgIpc) is 3.53. The van der Waals surface area contributed by atoms with E-state index in [0.29, 0.717) is 11.6 Å². The smallest absolute Gasteiger partial charge is 0.190 e. The van der Waals surface area contributed by atoms with Crippen LogP contribution in [0.4, 0.5) is 14.6 Å². The van der Waals surface area contributed by atoms with Gasteiger partial charge in [-0.15, -0.1) is 5.10 Å². The number of tetrazole rings is 1. The second-order valence-corrected chi connectivity index (χ2v) is 8.19. The van der Waals surface area contributed by atoms with Crippen molar-refractivity contribution >= 4 is 5.82 Å². The minimum absolute atomic E-state index is 0.111. The largest absolute Gasteiger partial charge is 0.383 e. The molecule has 0 aliphatic carbocycles. The maximum atomic E-state index is 14.4. The molecule has 1 fully saturated rings. The van der Waals surface area contributed by atoms with Gasteiger partial charge in [0.2, 0.25) is 0 Å². The molecular formula is C24H23F2N7. The molecule has 5 rings (SSSR count). The Balaban J connectivity index is 1.49. The highest BCUT2D eigenvalue weighted by Gasteiger charge is 2.21. The first-order valence-corrected chi connectivity index (χ1v) is 10.9. The predicted octanol–water partition coefficient (Wildman–Crippen LogP) is 4.41. The second-order valence-electron chi connectivity index (χ2n) is 8.19. The fraction of sp³-hybridized carbons (Fsp3) is 0.250. The number of pyridine rings is 1. The molecular weight excluding hydrogens is 424 g/mol. The highest BCUT2D eigenvalue weighted by atomic mass is 19.2. The maximum absolute atomic E-state index is 14.4. The van der Waals surface area contributed by atoms with E-state index < -0.39 is 11.6 Å². The number of rotatable bonds is 5. The Morgan fingerprint density at radius 2 is 1.76 bits per heavy atom. The Hall–Kier alpha value is -3.72. The van der Waals surface area contributed by atoms with E-state index in [1.165, 1.54) is 30.5 Å². The number of likely N-dealkylation sites (tertiary alicyclic amines) is 1. The van der Waals surface area contributed by atoms with Crippen molar-refractivity contribution in [3.8, 4) is 28.2 Å². The van der Waals surface area contributed by atoms with Gasteiger partial charge in [0.15, 0.2) is 17.5 Å². The molecule has 1 unspecified atom stereocenters. The van der Waals surface area contributed by atoms with Gasteiger partial charge in [-0.2, -0.15) is 4.68 Å². The number of halogens is 2. The average molecular weight is 447 g/mol. The van der Waals surface area contributed by atoms with Gasteiger partial charge in [0.05, 0.1) is 5.56 Å². The van der Waals surface area contributed by atoms with Crippen LogP contribution in [-0.4, -0.2) is 43.2 Å². The molecule has 2 N–H and O–H groups in total. The first-order valence-electron chi connectivity index (χ1n) is 10.9. The summed E-state index contributed by atoms with van der Waals surface area (Å²) in [5, 5.41) is 11.5. The zero-order chi connectivity index (χ0) is 22.9. The molecule has 0 amide bonds. The summed E-state index contributed by atoms with van der Waals surface area (Å²) in [7, 11) is 0. The number of nitrogens with zero attached hydrogens (tertiary/aromatic N) is 6. The van der Waals surface area contributed by atoms with Crippen LogP contribution in [0.15, 0.2) is 54.7 Å². The minimum Gasteiger partial charge on any atom is -0.383 e. The number of anilines is 1. The van der Waals surface area contributed by atoms with Gasteiger partial charge in [-0.3, -0.25) is 4.90 Å². The van der Waals surface area contributed by atoms with E-state index in [1.807, 2.05) is 12.1 Å². The second kappa shape index (κ2) is 8.67. The van der Waals surface area contributed by atoms with Crippen molar-refractivity contribution in [3.63, 3.8) is 0 Å². The zero-order valence-corrected chi connectivity index (χ0v) is 18.1. The van der Waals surface area contributed by atoms with E-state index in [2.05, 4.69) is 44.5 Å². The summed E-state index contributed by atoms with van der Waals surface area (Å²) >= 11 is 0. The van der Waals surface area contributed by atoms with Crippen LogP contribution in [0.5, 0.6) is 0 Å². The SMILES string of the molecule is CC(c1ccc(-c2cnc(N)c(-c3nnnn3-c3cccc(F)c3F)c2)cc1)N1CCCC1. The van der Waals surface area contributed by atoms with E-state index in [-0.39, 0.29) is 17.3 Å². The van der Waals surface area contributed by atoms with Crippen molar-refractivity contribution < 1.29 is 8.78 Å². The van der Waals surface area contributed by atoms with E-state index in [0.717, 1.165) is 35.0 Å². The molecule has 7 nitrogen and oxygen atoms in total. The normalized spacial score (nSPS) is 15.1. The van der Waals surface area contributed by atoms with Crippen LogP contribution in [0.25, 0.3) is 28.2 Å². The third-order valence-electron chi connectivity index (χ3n) is 6.20. The van der Waals surface area contributed by atoms with Crippen LogP contribution in [0.2, 0.25) is 0 Å². The number of nitrogens with two attached hydrogens (primary N) is 1. The molecule has 3 heterocycles. The summed E-state index contributed by atoms with van der Waals surface area (Å²) in [4.78, 5) is 6.79. The highest BCUT2D eigenvalue weighted by Crippen LogP contribution is 2.31. The maximum Gasteiger partial charge on any atom is 0.190 e. The Bertz CT molecular complexity index is 1280. The van der Waals surface area contributed by atoms with E-state index in [9.17, 15) is 8.78 Å². The van der Waals surface area contributed by atoms with Crippen LogP contribution in [0, 0.1) is 11.6 Å². The summed E-state index contributed by atoms with van der Waals surface area (Å²) in [5.41, 5.74) is 9.46. The zero-order valence-electron chi connectivity index (χ0n) is 18.1. The van der Waals surface area contributed by atoms with Crippen LogP contribution < -0.4 is 5.73 Å². The third-order valence-corrected chi connectivity index (χ3v) is 6.20. The van der Waals surface area contributed by atoms with Gasteiger partial charge in [0.25, 0.3) is 0 Å². The van der Waals surface area contributed by atoms with Crippen molar-refractivity contribution in [2.45, 2.75) is 25.8 Å². The Morgan fingerprint density at radius 1 is 1.00 bits per heavy atom. The third kappa shape index (κ3) is 3.95. The van der Waals surface area contributed by atoms with Crippen LogP contribution in [0.1, 0.15) is 31.4 Å². The van der Waals surface area contributed by atoms with Crippen molar-refractivity contribution in [2.75, 3.05) is 18.8 Å². The number of hydrogen-bond acceptors (Lipinski definition) is 6. The molecule has 168 valence electrons. The lowest BCUT2D eigenvalue weighted by atomic mass is 10.0. The molecule has 1 aliphatic rings. The van der Waals surface area contributed by atoms with Gasteiger partial charge < -0.3 is 5.73 Å². The lowest BCUT2D eigenvalue weighted by Crippen LogP contribution is -2.23. The van der Waals surface area contributed by atoms with Crippen molar-refractivity contribution in [2.24, 2.45) is 0 Å². The van der Waals surface area contributed by atoms with E-state index in [4.69, 9.17) is 5.73 Å². The molecule has 1 aliphatic heterocycles. The van der Waals surface area contributed by atoms with Gasteiger partial charge in [-0.1, -0.05) is 30.3 Å². The van der Waals surface area contributed by atoms with E-state index >= 15 is 0 Å². The topological polar surface area (TPSA) is 85.7 Å². The summed E-state index contributed by atoms with van der Waals surface area (Å²) in [6.07, 6.45) is 4.18. The van der Waals surface area contributed by atoms with Gasteiger partial charge in [-0.05, 0) is 72.6 Å². The summed E-state index contributed by atoms with van der Waals surface area (Å²) in [5.74, 6) is -1.68. The molecule has 0 saturated carbocycles. The number of aromatic nitrogens is 5. The number of benzene rings is 2. The minimum atomic E-state index is -1.04. The van der Waals surface area contributed by atoms with Crippen LogP contribution in [-0.2, 0) is 0 Å². The fourth-order valence-electron chi connectivity index (χ4n) is 4.28. The number of hydrogen-bond donors (Lipinski definition) is 1. The molecule has 9 heteroatoms.